The van der Waals surface area contributed by atoms with E-state index in [9.17, 15) is 4.79 Å². The van der Waals surface area contributed by atoms with Crippen molar-refractivity contribution in [2.24, 2.45) is 5.92 Å². The molecule has 0 saturated heterocycles. The molecule has 0 aromatic heterocycles. The molecule has 0 aliphatic heterocycles. The lowest BCUT2D eigenvalue weighted by molar-refractivity contribution is 0.0975. The summed E-state index contributed by atoms with van der Waals surface area (Å²) in [4.78, 5) is 15.1. The highest BCUT2D eigenvalue weighted by molar-refractivity contribution is 6.37. The largest absolute Gasteiger partial charge is 0.497 e. The molecule has 3 rings (SSSR count). The quantitative estimate of drug-likeness (QED) is 0.654. The predicted octanol–water partition coefficient (Wildman–Crippen LogP) is 5.46. The van der Waals surface area contributed by atoms with Crippen molar-refractivity contribution >= 4 is 34.8 Å². The fourth-order valence-electron chi connectivity index (χ4n) is 3.09. The van der Waals surface area contributed by atoms with Crippen LogP contribution in [0.25, 0.3) is 0 Å². The smallest absolute Gasteiger partial charge is 0.258 e. The Hall–Kier alpha value is -1.91. The number of hydrogen-bond donors (Lipinski definition) is 0. The first-order valence-corrected chi connectivity index (χ1v) is 9.22. The normalized spacial score (nSPS) is 14.7. The van der Waals surface area contributed by atoms with Crippen molar-refractivity contribution in [2.75, 3.05) is 19.1 Å². The van der Waals surface area contributed by atoms with E-state index in [1.807, 2.05) is 29.2 Å². The summed E-state index contributed by atoms with van der Waals surface area (Å²) >= 11 is 12.5. The van der Waals surface area contributed by atoms with Gasteiger partial charge in [0.25, 0.3) is 5.91 Å². The van der Waals surface area contributed by atoms with Gasteiger partial charge in [-0.1, -0.05) is 23.2 Å². The van der Waals surface area contributed by atoms with Gasteiger partial charge in [0.1, 0.15) is 5.75 Å². The molecule has 6 heteroatoms. The average Bonchev–Trinajstić information content (AvgIpc) is 3.47. The maximum Gasteiger partial charge on any atom is 0.258 e. The van der Waals surface area contributed by atoms with Crippen LogP contribution in [0.4, 0.5) is 5.69 Å². The highest BCUT2D eigenvalue weighted by Crippen LogP contribution is 2.39. The van der Waals surface area contributed by atoms with Gasteiger partial charge in [-0.3, -0.25) is 4.79 Å². The zero-order valence-corrected chi connectivity index (χ0v) is 16.5. The molecule has 0 spiro atoms. The monoisotopic (exact) mass is 393 g/mol. The van der Waals surface area contributed by atoms with E-state index >= 15 is 0 Å². The molecule has 0 bridgehead atoms. The molecule has 1 fully saturated rings. The molecule has 1 unspecified atom stereocenters. The Labute approximate surface area is 163 Å². The summed E-state index contributed by atoms with van der Waals surface area (Å²) in [5.41, 5.74) is 1.25. The summed E-state index contributed by atoms with van der Waals surface area (Å²) in [6.07, 6.45) is 2.26. The van der Waals surface area contributed by atoms with Crippen LogP contribution in [0.15, 0.2) is 36.4 Å². The fourth-order valence-corrected chi connectivity index (χ4v) is 3.73. The van der Waals surface area contributed by atoms with E-state index in [1.54, 1.807) is 19.2 Å². The lowest BCUT2D eigenvalue weighted by Crippen LogP contribution is -2.40. The Morgan fingerprint density at radius 2 is 1.65 bits per heavy atom. The van der Waals surface area contributed by atoms with Crippen LogP contribution in [0.3, 0.4) is 0 Å². The number of carbonyl (C=O) groups is 1. The van der Waals surface area contributed by atoms with Gasteiger partial charge in [0.05, 0.1) is 24.3 Å². The number of carbonyl (C=O) groups excluding carboxylic acids is 1. The van der Waals surface area contributed by atoms with Gasteiger partial charge in [-0.2, -0.15) is 0 Å². The van der Waals surface area contributed by atoms with Crippen LogP contribution in [0.1, 0.15) is 30.1 Å². The summed E-state index contributed by atoms with van der Waals surface area (Å²) in [5, 5.41) is 0.634. The third-order valence-corrected chi connectivity index (χ3v) is 5.29. The molecular formula is C20H21Cl2NO3. The van der Waals surface area contributed by atoms with Crippen LogP contribution in [0, 0.1) is 5.92 Å². The minimum Gasteiger partial charge on any atom is -0.497 e. The highest BCUT2D eigenvalue weighted by Gasteiger charge is 2.35. The van der Waals surface area contributed by atoms with E-state index in [4.69, 9.17) is 32.7 Å². The summed E-state index contributed by atoms with van der Waals surface area (Å²) < 4.78 is 10.4. The molecular weight excluding hydrogens is 373 g/mol. The van der Waals surface area contributed by atoms with Crippen LogP contribution in [-0.4, -0.2) is 26.2 Å². The molecule has 0 heterocycles. The van der Waals surface area contributed by atoms with Crippen LogP contribution >= 0.6 is 23.2 Å². The lowest BCUT2D eigenvalue weighted by Gasteiger charge is -2.30. The second kappa shape index (κ2) is 7.77. The first kappa shape index (κ1) is 18.9. The second-order valence-electron chi connectivity index (χ2n) is 6.42. The maximum absolute atomic E-state index is 13.3. The molecule has 26 heavy (non-hydrogen) atoms. The summed E-state index contributed by atoms with van der Waals surface area (Å²) in [6.45, 7) is 2.08. The van der Waals surface area contributed by atoms with Crippen LogP contribution in [-0.2, 0) is 0 Å². The number of amides is 1. The zero-order valence-electron chi connectivity index (χ0n) is 15.0. The number of ether oxygens (including phenoxy) is 2. The molecule has 1 saturated carbocycles. The Balaban J connectivity index is 1.99. The van der Waals surface area contributed by atoms with Crippen molar-refractivity contribution in [1.82, 2.24) is 0 Å². The third-order valence-electron chi connectivity index (χ3n) is 4.73. The van der Waals surface area contributed by atoms with E-state index in [2.05, 4.69) is 6.92 Å². The molecule has 0 N–H and O–H groups in total. The number of hydrogen-bond acceptors (Lipinski definition) is 3. The van der Waals surface area contributed by atoms with Gasteiger partial charge in [-0.05, 0) is 62.1 Å². The average molecular weight is 394 g/mol. The summed E-state index contributed by atoms with van der Waals surface area (Å²) in [5.74, 6) is 1.48. The van der Waals surface area contributed by atoms with Crippen molar-refractivity contribution < 1.29 is 14.3 Å². The zero-order chi connectivity index (χ0) is 18.8. The van der Waals surface area contributed by atoms with Gasteiger partial charge >= 0.3 is 0 Å². The fraction of sp³-hybridized carbons (Fsp3) is 0.350. The second-order valence-corrected chi connectivity index (χ2v) is 7.24. The number of halogens is 2. The molecule has 1 aliphatic carbocycles. The molecule has 0 radical (unpaired) electrons. The Kier molecular flexibility index (Phi) is 5.64. The van der Waals surface area contributed by atoms with E-state index in [1.165, 1.54) is 7.11 Å². The minimum atomic E-state index is -0.138. The van der Waals surface area contributed by atoms with Gasteiger partial charge in [-0.25, -0.2) is 0 Å². The van der Waals surface area contributed by atoms with Crippen molar-refractivity contribution in [3.8, 4) is 11.5 Å². The maximum atomic E-state index is 13.3. The van der Waals surface area contributed by atoms with Crippen molar-refractivity contribution in [3.63, 3.8) is 0 Å². The van der Waals surface area contributed by atoms with Gasteiger partial charge in [0.15, 0.2) is 5.75 Å². The molecule has 1 aliphatic rings. The highest BCUT2D eigenvalue weighted by atomic mass is 35.5. The molecule has 1 amide bonds. The SMILES string of the molecule is COc1ccc(N(C(=O)c2cc(Cl)c(OC)c(Cl)c2)C(C)C2CC2)cc1. The van der Waals surface area contributed by atoms with E-state index in [-0.39, 0.29) is 11.9 Å². The van der Waals surface area contributed by atoms with Crippen molar-refractivity contribution in [2.45, 2.75) is 25.8 Å². The number of rotatable bonds is 6. The Bertz CT molecular complexity index is 780. The van der Waals surface area contributed by atoms with Crippen LogP contribution < -0.4 is 14.4 Å². The van der Waals surface area contributed by atoms with Crippen LogP contribution in [0.2, 0.25) is 10.0 Å². The first-order chi connectivity index (χ1) is 12.5. The van der Waals surface area contributed by atoms with Gasteiger partial charge in [0, 0.05) is 17.3 Å². The Morgan fingerprint density at radius 1 is 1.08 bits per heavy atom. The molecule has 1 atom stereocenters. The number of anilines is 1. The van der Waals surface area contributed by atoms with Crippen molar-refractivity contribution in [1.29, 1.82) is 0 Å². The Morgan fingerprint density at radius 3 is 2.12 bits per heavy atom. The first-order valence-electron chi connectivity index (χ1n) is 8.47. The number of benzene rings is 2. The van der Waals surface area contributed by atoms with E-state index in [0.29, 0.717) is 27.3 Å². The molecule has 4 nitrogen and oxygen atoms in total. The van der Waals surface area contributed by atoms with Gasteiger partial charge in [-0.15, -0.1) is 0 Å². The molecule has 2 aromatic carbocycles. The van der Waals surface area contributed by atoms with E-state index < -0.39 is 0 Å². The van der Waals surface area contributed by atoms with Crippen molar-refractivity contribution in [3.05, 3.63) is 52.0 Å². The van der Waals surface area contributed by atoms with Crippen LogP contribution in [0.5, 0.6) is 11.5 Å². The third kappa shape index (κ3) is 3.76. The van der Waals surface area contributed by atoms with Gasteiger partial charge < -0.3 is 14.4 Å². The van der Waals surface area contributed by atoms with E-state index in [0.717, 1.165) is 24.3 Å². The summed E-state index contributed by atoms with van der Waals surface area (Å²) in [6, 6.07) is 10.8. The number of methoxy groups -OCH3 is 2. The van der Waals surface area contributed by atoms with Gasteiger partial charge in [0.2, 0.25) is 0 Å². The topological polar surface area (TPSA) is 38.8 Å². The molecule has 138 valence electrons. The predicted molar refractivity (Wildman–Crippen MR) is 105 cm³/mol. The summed E-state index contributed by atoms with van der Waals surface area (Å²) in [7, 11) is 3.11. The number of nitrogens with zero attached hydrogens (tertiary/aromatic N) is 1. The molecule has 2 aromatic rings. The standard InChI is InChI=1S/C20H21Cl2NO3/c1-12(13-4-5-13)23(15-6-8-16(25-2)9-7-15)20(24)14-10-17(21)19(26-3)18(22)11-14/h6-13H,4-5H2,1-3H3. The minimum absolute atomic E-state index is 0.0792. The lowest BCUT2D eigenvalue weighted by atomic mass is 10.1.